The van der Waals surface area contributed by atoms with Gasteiger partial charge < -0.3 is 19.7 Å². The largest absolute Gasteiger partial charge is 0.497 e. The van der Waals surface area contributed by atoms with E-state index in [4.69, 9.17) is 32.7 Å². The molecule has 2 N–H and O–H groups in total. The second kappa shape index (κ2) is 7.80. The van der Waals surface area contributed by atoms with Crippen LogP contribution >= 0.6 is 23.2 Å². The molecule has 1 rings (SSSR count). The average molecular weight is 309 g/mol. The number of halogens is 2. The van der Waals surface area contributed by atoms with Gasteiger partial charge >= 0.3 is 0 Å². The number of hydrogen-bond donors (Lipinski definition) is 2. The van der Waals surface area contributed by atoms with Crippen molar-refractivity contribution in [3.8, 4) is 11.5 Å². The molecule has 108 valence electrons. The summed E-state index contributed by atoms with van der Waals surface area (Å²) in [4.78, 5) is -0.908. The lowest BCUT2D eigenvalue weighted by molar-refractivity contribution is 0.0878. The standard InChI is InChI=1S/C13H18Cl2O4/c1-18-10-4-8(5-11(7-10)19-2)3-9(16)6-12(17)13(14)15/h4-5,7,9,12-13,16-17H,3,6H2,1-2H3/t9-,12-/m1/s1. The van der Waals surface area contributed by atoms with Crippen molar-refractivity contribution in [2.24, 2.45) is 0 Å². The summed E-state index contributed by atoms with van der Waals surface area (Å²) in [6.07, 6.45) is -1.24. The van der Waals surface area contributed by atoms with E-state index < -0.39 is 17.0 Å². The quantitative estimate of drug-likeness (QED) is 0.758. The molecule has 0 saturated heterocycles. The van der Waals surface area contributed by atoms with E-state index in [9.17, 15) is 10.2 Å². The van der Waals surface area contributed by atoms with E-state index >= 15 is 0 Å². The molecule has 1 aromatic carbocycles. The Kier molecular flexibility index (Phi) is 6.72. The molecule has 0 aromatic heterocycles. The van der Waals surface area contributed by atoms with Gasteiger partial charge in [-0.15, -0.1) is 23.2 Å². The first-order chi connectivity index (χ1) is 8.96. The van der Waals surface area contributed by atoms with Crippen molar-refractivity contribution in [2.45, 2.75) is 29.9 Å². The van der Waals surface area contributed by atoms with Gasteiger partial charge in [0, 0.05) is 12.5 Å². The lowest BCUT2D eigenvalue weighted by Gasteiger charge is -2.17. The summed E-state index contributed by atoms with van der Waals surface area (Å²) in [6, 6.07) is 5.35. The van der Waals surface area contributed by atoms with Crippen molar-refractivity contribution in [1.82, 2.24) is 0 Å². The second-order valence-electron chi connectivity index (χ2n) is 4.22. The van der Waals surface area contributed by atoms with Gasteiger partial charge in [0.2, 0.25) is 0 Å². The lowest BCUT2D eigenvalue weighted by Crippen LogP contribution is -2.24. The minimum Gasteiger partial charge on any atom is -0.497 e. The van der Waals surface area contributed by atoms with Crippen molar-refractivity contribution >= 4 is 23.2 Å². The SMILES string of the molecule is COc1cc(C[C@@H](O)C[C@@H](O)C(Cl)Cl)cc(OC)c1. The Labute approximate surface area is 122 Å². The summed E-state index contributed by atoms with van der Waals surface area (Å²) in [5, 5.41) is 19.4. The molecule has 0 aliphatic rings. The second-order valence-corrected chi connectivity index (χ2v) is 5.38. The minimum atomic E-state index is -0.953. The van der Waals surface area contributed by atoms with Gasteiger partial charge in [-0.25, -0.2) is 0 Å². The number of methoxy groups -OCH3 is 2. The maximum Gasteiger partial charge on any atom is 0.133 e. The van der Waals surface area contributed by atoms with Crippen LogP contribution in [-0.2, 0) is 6.42 Å². The molecule has 0 unspecified atom stereocenters. The third kappa shape index (κ3) is 5.45. The highest BCUT2D eigenvalue weighted by Gasteiger charge is 2.18. The maximum absolute atomic E-state index is 9.89. The van der Waals surface area contributed by atoms with E-state index in [1.54, 1.807) is 32.4 Å². The van der Waals surface area contributed by atoms with Crippen LogP contribution in [0.1, 0.15) is 12.0 Å². The van der Waals surface area contributed by atoms with Crippen molar-refractivity contribution < 1.29 is 19.7 Å². The van der Waals surface area contributed by atoms with Gasteiger partial charge in [0.1, 0.15) is 16.3 Å². The molecule has 0 bridgehead atoms. The fourth-order valence-corrected chi connectivity index (χ4v) is 1.93. The Bertz CT molecular complexity index is 376. The molecule has 0 heterocycles. The highest BCUT2D eigenvalue weighted by Crippen LogP contribution is 2.24. The van der Waals surface area contributed by atoms with Crippen LogP contribution in [0.3, 0.4) is 0 Å². The van der Waals surface area contributed by atoms with Crippen molar-refractivity contribution in [2.75, 3.05) is 14.2 Å². The van der Waals surface area contributed by atoms with Gasteiger partial charge in [-0.3, -0.25) is 0 Å². The Hall–Kier alpha value is -0.680. The van der Waals surface area contributed by atoms with Crippen LogP contribution in [-0.4, -0.2) is 41.5 Å². The van der Waals surface area contributed by atoms with Crippen LogP contribution in [0.2, 0.25) is 0 Å². The highest BCUT2D eigenvalue weighted by molar-refractivity contribution is 6.44. The molecule has 2 atom stereocenters. The van der Waals surface area contributed by atoms with Crippen LogP contribution in [0.15, 0.2) is 18.2 Å². The molecule has 1 aromatic rings. The summed E-state index contributed by atoms with van der Waals surface area (Å²) in [7, 11) is 3.12. The third-order valence-electron chi connectivity index (χ3n) is 2.69. The number of aliphatic hydroxyl groups excluding tert-OH is 2. The van der Waals surface area contributed by atoms with Crippen LogP contribution in [0.25, 0.3) is 0 Å². The third-order valence-corrected chi connectivity index (χ3v) is 3.27. The van der Waals surface area contributed by atoms with Crippen LogP contribution in [0.4, 0.5) is 0 Å². The van der Waals surface area contributed by atoms with Crippen LogP contribution in [0, 0.1) is 0 Å². The van der Waals surface area contributed by atoms with E-state index in [1.165, 1.54) is 0 Å². The molecule has 6 heteroatoms. The zero-order valence-electron chi connectivity index (χ0n) is 10.8. The Morgan fingerprint density at radius 1 is 1.05 bits per heavy atom. The van der Waals surface area contributed by atoms with E-state index in [0.717, 1.165) is 5.56 Å². The molecule has 0 aliphatic heterocycles. The van der Waals surface area contributed by atoms with Crippen LogP contribution in [0.5, 0.6) is 11.5 Å². The summed E-state index contributed by atoms with van der Waals surface area (Å²) in [5.41, 5.74) is 0.844. The topological polar surface area (TPSA) is 58.9 Å². The Morgan fingerprint density at radius 3 is 2.00 bits per heavy atom. The summed E-state index contributed by atoms with van der Waals surface area (Å²) in [6.45, 7) is 0. The van der Waals surface area contributed by atoms with Crippen molar-refractivity contribution in [1.29, 1.82) is 0 Å². The van der Waals surface area contributed by atoms with Crippen molar-refractivity contribution in [3.63, 3.8) is 0 Å². The Morgan fingerprint density at radius 2 is 1.58 bits per heavy atom. The zero-order valence-corrected chi connectivity index (χ0v) is 12.4. The fourth-order valence-electron chi connectivity index (χ4n) is 1.72. The molecular weight excluding hydrogens is 291 g/mol. The van der Waals surface area contributed by atoms with Crippen molar-refractivity contribution in [3.05, 3.63) is 23.8 Å². The first kappa shape index (κ1) is 16.4. The fraction of sp³-hybridized carbons (Fsp3) is 0.538. The molecule has 0 fully saturated rings. The molecule has 19 heavy (non-hydrogen) atoms. The number of hydrogen-bond acceptors (Lipinski definition) is 4. The van der Waals surface area contributed by atoms with Gasteiger partial charge in [0.25, 0.3) is 0 Å². The Balaban J connectivity index is 2.70. The minimum absolute atomic E-state index is 0.108. The van der Waals surface area contributed by atoms with Gasteiger partial charge in [-0.05, 0) is 24.1 Å². The molecule has 0 amide bonds. The first-order valence-corrected chi connectivity index (χ1v) is 6.69. The molecule has 0 saturated carbocycles. The van der Waals surface area contributed by atoms with E-state index in [0.29, 0.717) is 17.9 Å². The number of alkyl halides is 2. The average Bonchev–Trinajstić information content (AvgIpc) is 2.37. The number of benzene rings is 1. The molecule has 0 aliphatic carbocycles. The normalized spacial score (nSPS) is 14.3. The first-order valence-electron chi connectivity index (χ1n) is 5.82. The molecular formula is C13H18Cl2O4. The predicted octanol–water partition coefficient (Wildman–Crippen LogP) is 2.16. The molecule has 0 radical (unpaired) electrons. The van der Waals surface area contributed by atoms with Gasteiger partial charge in [0.15, 0.2) is 0 Å². The monoisotopic (exact) mass is 308 g/mol. The predicted molar refractivity (Wildman–Crippen MR) is 75.4 cm³/mol. The van der Waals surface area contributed by atoms with Gasteiger partial charge in [0.05, 0.1) is 26.4 Å². The summed E-state index contributed by atoms with van der Waals surface area (Å²) < 4.78 is 10.3. The summed E-state index contributed by atoms with van der Waals surface area (Å²) in [5.74, 6) is 1.30. The lowest BCUT2D eigenvalue weighted by atomic mass is 10.0. The van der Waals surface area contributed by atoms with E-state index in [2.05, 4.69) is 0 Å². The number of ether oxygens (including phenoxy) is 2. The number of rotatable bonds is 7. The maximum atomic E-state index is 9.89. The zero-order chi connectivity index (χ0) is 14.4. The molecule has 0 spiro atoms. The van der Waals surface area contributed by atoms with Gasteiger partial charge in [-0.1, -0.05) is 0 Å². The van der Waals surface area contributed by atoms with E-state index in [1.807, 2.05) is 0 Å². The molecule has 4 nitrogen and oxygen atoms in total. The number of aliphatic hydroxyl groups is 2. The van der Waals surface area contributed by atoms with Crippen LogP contribution < -0.4 is 9.47 Å². The summed E-state index contributed by atoms with van der Waals surface area (Å²) >= 11 is 11.1. The highest BCUT2D eigenvalue weighted by atomic mass is 35.5. The van der Waals surface area contributed by atoms with E-state index in [-0.39, 0.29) is 6.42 Å². The van der Waals surface area contributed by atoms with Gasteiger partial charge in [-0.2, -0.15) is 0 Å². The smallest absolute Gasteiger partial charge is 0.133 e.